The van der Waals surface area contributed by atoms with Crippen LogP contribution < -0.4 is 5.32 Å². The van der Waals surface area contributed by atoms with Crippen molar-refractivity contribution in [2.24, 2.45) is 0 Å². The predicted octanol–water partition coefficient (Wildman–Crippen LogP) is -0.177. The predicted molar refractivity (Wildman–Crippen MR) is 28.7 cm³/mol. The van der Waals surface area contributed by atoms with Crippen molar-refractivity contribution in [1.29, 1.82) is 0 Å². The van der Waals surface area contributed by atoms with Crippen molar-refractivity contribution in [2.75, 3.05) is 6.50 Å². The van der Waals surface area contributed by atoms with Crippen molar-refractivity contribution < 1.29 is 19.5 Å². The Morgan fingerprint density at radius 1 is 2.12 bits per heavy atom. The van der Waals surface area contributed by atoms with Gasteiger partial charge in [-0.25, -0.2) is 0 Å². The van der Waals surface area contributed by atoms with E-state index in [-0.39, 0.29) is 0 Å². The quantitative estimate of drug-likeness (QED) is 0.380. The number of nitrogens with one attached hydrogen (secondary N) is 1. The number of carboxylic acids is 1. The second kappa shape index (κ2) is 2.13. The molecule has 1 atom stereocenters. The monoisotopic (exact) mass is 128 g/mol. The summed E-state index contributed by atoms with van der Waals surface area (Å²) in [5, 5.41) is 10.2. The molecule has 3 nitrogen and oxygen atoms in total. The third kappa shape index (κ3) is 0.980. The number of aliphatic carboxylic acids is 1. The van der Waals surface area contributed by atoms with Crippen molar-refractivity contribution in [3.63, 3.8) is 0 Å². The van der Waals surface area contributed by atoms with Crippen LogP contribution in [0.25, 0.3) is 0 Å². The van der Waals surface area contributed by atoms with Crippen LogP contribution in [0.4, 0.5) is 0 Å². The van der Waals surface area contributed by atoms with Crippen molar-refractivity contribution in [2.45, 2.75) is 18.8 Å². The molecule has 1 rings (SSSR count). The van der Waals surface area contributed by atoms with Gasteiger partial charge in [0.15, 0.2) is 0 Å². The molecular formula is C5H9NO2. The van der Waals surface area contributed by atoms with Crippen molar-refractivity contribution in [3.8, 4) is 0 Å². The van der Waals surface area contributed by atoms with Gasteiger partial charge in [-0.1, -0.05) is 0 Å². The number of hydrogen-bond donors (Lipinski definition) is 2. The van der Waals surface area contributed by atoms with E-state index in [0.29, 0.717) is 0 Å². The molecule has 1 aliphatic rings. The number of rotatable bonds is 1. The van der Waals surface area contributed by atoms with E-state index < -0.39 is 31.2 Å². The first-order valence-corrected chi connectivity index (χ1v) is 1.93. The summed E-state index contributed by atoms with van der Waals surface area (Å²) in [6.07, 6.45) is -6.30. The first kappa shape index (κ1) is 1.48. The van der Waals surface area contributed by atoms with Crippen LogP contribution in [0.15, 0.2) is 0 Å². The zero-order chi connectivity index (χ0) is 12.3. The molecule has 1 saturated heterocycles. The van der Waals surface area contributed by atoms with E-state index in [2.05, 4.69) is 0 Å². The van der Waals surface area contributed by atoms with Gasteiger partial charge in [-0.2, -0.15) is 0 Å². The molecule has 3 heteroatoms. The molecule has 1 fully saturated rings. The molecule has 0 spiro atoms. The molecular weight excluding hydrogens is 112 g/mol. The van der Waals surface area contributed by atoms with Crippen LogP contribution in [-0.4, -0.2) is 23.6 Å². The Bertz CT molecular complexity index is 317. The van der Waals surface area contributed by atoms with Crippen LogP contribution in [0, 0.1) is 0 Å². The largest absolute Gasteiger partial charge is 0.480 e. The summed E-state index contributed by atoms with van der Waals surface area (Å²) in [7, 11) is 0. The average molecular weight is 128 g/mol. The first-order chi connectivity index (χ1) is 6.40. The zero-order valence-electron chi connectivity index (χ0n) is 10.9. The average Bonchev–Trinajstić information content (AvgIpc) is 2.09. The third-order valence-corrected chi connectivity index (χ3v) is 0.651. The van der Waals surface area contributed by atoms with Gasteiger partial charge in [0, 0.05) is 8.22 Å². The molecule has 8 heavy (non-hydrogen) atoms. The minimum absolute atomic E-state index is 1.54. The van der Waals surface area contributed by atoms with E-state index in [1.165, 1.54) is 5.32 Å². The van der Waals surface area contributed by atoms with E-state index in [4.69, 9.17) is 14.7 Å². The Morgan fingerprint density at radius 2 is 2.88 bits per heavy atom. The summed E-state index contributed by atoms with van der Waals surface area (Å²) in [5.74, 6) is -1.96. The minimum Gasteiger partial charge on any atom is -0.480 e. The molecule has 0 saturated carbocycles. The van der Waals surface area contributed by atoms with Gasteiger partial charge in [-0.05, 0) is 19.2 Å². The highest BCUT2D eigenvalue weighted by Crippen LogP contribution is 2.03. The summed E-state index contributed by atoms with van der Waals surface area (Å²) in [4.78, 5) is 10.7. The highest BCUT2D eigenvalue weighted by molar-refractivity contribution is 5.73. The maximum atomic E-state index is 10.7. The Kier molecular flexibility index (Phi) is 0.393. The lowest BCUT2D eigenvalue weighted by molar-refractivity contribution is -0.139. The lowest BCUT2D eigenvalue weighted by Gasteiger charge is -1.99. The molecule has 1 unspecified atom stereocenters. The topological polar surface area (TPSA) is 49.3 Å². The van der Waals surface area contributed by atoms with Crippen LogP contribution in [0.5, 0.6) is 0 Å². The SMILES string of the molecule is [2H][13C]1([2H])[15NH][13C]([2H])([13C](=O)O)[13C]([2H])([2H])[13C]1([2H])[2H]. The minimum atomic E-state index is -3.19. The van der Waals surface area contributed by atoms with Crippen LogP contribution >= 0.6 is 0 Å². The van der Waals surface area contributed by atoms with Crippen molar-refractivity contribution in [1.82, 2.24) is 5.32 Å². The lowest BCUT2D eigenvalue weighted by atomic mass is 11.2. The molecule has 2 N–H and O–H groups in total. The molecule has 0 aromatic carbocycles. The summed E-state index contributed by atoms with van der Waals surface area (Å²) < 4.78 is 50.5. The fraction of sp³-hybridized carbons (Fsp3) is 0.800. The number of carboxylic acid groups (broad SMARTS) is 1. The van der Waals surface area contributed by atoms with Gasteiger partial charge >= 0.3 is 5.97 Å². The summed E-state index contributed by atoms with van der Waals surface area (Å²) >= 11 is 0. The van der Waals surface area contributed by atoms with Gasteiger partial charge in [0.1, 0.15) is 6.02 Å². The maximum absolute atomic E-state index is 10.7. The van der Waals surface area contributed by atoms with E-state index in [1.54, 1.807) is 0 Å². The fourth-order valence-electron chi connectivity index (χ4n) is 0.326. The molecule has 0 aromatic heterocycles. The smallest absolute Gasteiger partial charge is 0.320 e. The summed E-state index contributed by atoms with van der Waals surface area (Å²) in [6, 6.07) is -3.04. The lowest BCUT2D eigenvalue weighted by Crippen LogP contribution is -2.29. The van der Waals surface area contributed by atoms with E-state index in [0.717, 1.165) is 0 Å². The molecule has 0 aromatic rings. The van der Waals surface area contributed by atoms with Crippen molar-refractivity contribution in [3.05, 3.63) is 0 Å². The second-order valence-corrected chi connectivity index (χ2v) is 1.18. The highest BCUT2D eigenvalue weighted by atomic mass is 16.5. The number of carbonyl (C=O) groups is 1. The Morgan fingerprint density at radius 3 is 3.12 bits per heavy atom. The van der Waals surface area contributed by atoms with Crippen LogP contribution in [0.1, 0.15) is 22.3 Å². The van der Waals surface area contributed by atoms with Crippen LogP contribution in [0.2, 0.25) is 0 Å². The molecule has 1 heterocycles. The van der Waals surface area contributed by atoms with Gasteiger partial charge in [0.05, 0.1) is 1.37 Å². The molecule has 1 aliphatic heterocycles. The summed E-state index contributed by atoms with van der Waals surface area (Å²) in [5.41, 5.74) is 0. The van der Waals surface area contributed by atoms with Crippen LogP contribution in [0.3, 0.4) is 0 Å². The second-order valence-electron chi connectivity index (χ2n) is 1.18. The Hall–Kier alpha value is -0.570. The van der Waals surface area contributed by atoms with E-state index in [9.17, 15) is 4.79 Å². The molecule has 0 amide bonds. The van der Waals surface area contributed by atoms with Gasteiger partial charge in [0.2, 0.25) is 0 Å². The first-order valence-electron chi connectivity index (χ1n) is 5.43. The maximum Gasteiger partial charge on any atom is 0.320 e. The summed E-state index contributed by atoms with van der Waals surface area (Å²) in [6.45, 7) is -2.92. The van der Waals surface area contributed by atoms with Gasteiger partial charge in [-0.3, -0.25) is 4.79 Å². The Labute approximate surface area is 57.5 Å². The molecule has 0 radical (unpaired) electrons. The molecule has 0 bridgehead atoms. The van der Waals surface area contributed by atoms with Gasteiger partial charge in [-0.15, -0.1) is 0 Å². The molecule has 0 aliphatic carbocycles. The standard InChI is InChI=1S/C5H9NO2/c7-5(8)4-2-1-3-6-4/h4,6H,1-3H2,(H,7,8)/i1+1D2,2+1D2,3+1D2,4+1D,5+1,6+1. The van der Waals surface area contributed by atoms with E-state index in [1.807, 2.05) is 0 Å². The zero-order valence-corrected chi connectivity index (χ0v) is 3.86. The third-order valence-electron chi connectivity index (χ3n) is 0.651. The Balaban J connectivity index is 3.38. The fourth-order valence-corrected chi connectivity index (χ4v) is 0.326. The molecule has 46 valence electrons. The van der Waals surface area contributed by atoms with E-state index >= 15 is 0 Å². The van der Waals surface area contributed by atoms with Gasteiger partial charge < -0.3 is 10.4 Å². The van der Waals surface area contributed by atoms with Gasteiger partial charge in [0.25, 0.3) is 0 Å². The number of hydrogen-bond acceptors (Lipinski definition) is 2. The highest BCUT2D eigenvalue weighted by Gasteiger charge is 2.20. The normalized spacial score (nSPS) is 69.2. The van der Waals surface area contributed by atoms with Crippen LogP contribution in [-0.2, 0) is 4.79 Å². The van der Waals surface area contributed by atoms with Crippen molar-refractivity contribution >= 4 is 5.97 Å².